The number of fused-ring (bicyclic) bond motifs is 1. The molecule has 6 heteroatoms. The number of carbonyl (C=O) groups is 2. The molecule has 0 radical (unpaired) electrons. The number of hydrogen-bond donors (Lipinski definition) is 2. The van der Waals surface area contributed by atoms with Crippen LogP contribution in [0.3, 0.4) is 0 Å². The zero-order valence-electron chi connectivity index (χ0n) is 11.3. The monoisotopic (exact) mass is 286 g/mol. The van der Waals surface area contributed by atoms with Gasteiger partial charge in [0.15, 0.2) is 0 Å². The number of amides is 2. The van der Waals surface area contributed by atoms with Gasteiger partial charge in [0.25, 0.3) is 0 Å². The maximum absolute atomic E-state index is 12.1. The van der Waals surface area contributed by atoms with Crippen molar-refractivity contribution in [3.05, 3.63) is 0 Å². The molecular formula is C13H22N2O3S. The first-order valence-electron chi connectivity index (χ1n) is 6.89. The smallest absolute Gasteiger partial charge is 0.326 e. The summed E-state index contributed by atoms with van der Waals surface area (Å²) in [5.74, 6) is 1.07. The molecule has 1 aliphatic carbocycles. The number of carbonyl (C=O) groups excluding carboxylic acids is 1. The Kier molecular flexibility index (Phi) is 4.96. The molecule has 2 rings (SSSR count). The van der Waals surface area contributed by atoms with Crippen molar-refractivity contribution >= 4 is 23.8 Å². The average Bonchev–Trinajstić information content (AvgIpc) is 2.94. The summed E-state index contributed by atoms with van der Waals surface area (Å²) in [6.07, 6.45) is 6.11. The number of carboxylic acid groups (broad SMARTS) is 1. The highest BCUT2D eigenvalue weighted by Crippen LogP contribution is 2.37. The van der Waals surface area contributed by atoms with Gasteiger partial charge in [0, 0.05) is 13.1 Å². The minimum absolute atomic E-state index is 0.206. The van der Waals surface area contributed by atoms with Gasteiger partial charge in [-0.2, -0.15) is 11.8 Å². The van der Waals surface area contributed by atoms with Gasteiger partial charge in [0.05, 0.1) is 0 Å². The first-order chi connectivity index (χ1) is 9.11. The largest absolute Gasteiger partial charge is 0.480 e. The molecule has 108 valence electrons. The van der Waals surface area contributed by atoms with Gasteiger partial charge in [0.2, 0.25) is 0 Å². The summed E-state index contributed by atoms with van der Waals surface area (Å²) in [6.45, 7) is 1.59. The van der Waals surface area contributed by atoms with Crippen LogP contribution < -0.4 is 5.32 Å². The number of carboxylic acids is 1. The molecule has 0 aromatic heterocycles. The third-order valence-corrected chi connectivity index (χ3v) is 4.86. The summed E-state index contributed by atoms with van der Waals surface area (Å²) in [5, 5.41) is 11.8. The van der Waals surface area contributed by atoms with Crippen molar-refractivity contribution in [2.45, 2.75) is 31.7 Å². The van der Waals surface area contributed by atoms with Crippen molar-refractivity contribution in [2.24, 2.45) is 11.8 Å². The number of nitrogens with zero attached hydrogens (tertiary/aromatic N) is 1. The molecule has 1 saturated carbocycles. The third-order valence-electron chi connectivity index (χ3n) is 4.22. The second-order valence-electron chi connectivity index (χ2n) is 5.48. The molecule has 0 spiro atoms. The fourth-order valence-corrected chi connectivity index (χ4v) is 3.61. The van der Waals surface area contributed by atoms with Crippen molar-refractivity contribution < 1.29 is 14.7 Å². The molecule has 1 aliphatic heterocycles. The van der Waals surface area contributed by atoms with Crippen molar-refractivity contribution in [2.75, 3.05) is 25.1 Å². The first-order valence-corrected chi connectivity index (χ1v) is 8.28. The molecule has 1 heterocycles. The summed E-state index contributed by atoms with van der Waals surface area (Å²) in [7, 11) is 0. The lowest BCUT2D eigenvalue weighted by molar-refractivity contribution is -0.139. The summed E-state index contributed by atoms with van der Waals surface area (Å²) in [5.41, 5.74) is 0. The Morgan fingerprint density at radius 3 is 2.53 bits per heavy atom. The van der Waals surface area contributed by atoms with E-state index in [1.54, 1.807) is 16.7 Å². The van der Waals surface area contributed by atoms with Crippen molar-refractivity contribution in [3.8, 4) is 0 Å². The number of likely N-dealkylation sites (tertiary alicyclic amines) is 1. The normalized spacial score (nSPS) is 27.1. The molecule has 2 amide bonds. The minimum Gasteiger partial charge on any atom is -0.480 e. The predicted octanol–water partition coefficient (Wildman–Crippen LogP) is 1.63. The van der Waals surface area contributed by atoms with E-state index in [-0.39, 0.29) is 6.03 Å². The number of hydrogen-bond acceptors (Lipinski definition) is 3. The van der Waals surface area contributed by atoms with Gasteiger partial charge in [-0.15, -0.1) is 0 Å². The average molecular weight is 286 g/mol. The lowest BCUT2D eigenvalue weighted by Crippen LogP contribution is -2.47. The highest BCUT2D eigenvalue weighted by Gasteiger charge is 2.38. The van der Waals surface area contributed by atoms with E-state index >= 15 is 0 Å². The maximum Gasteiger partial charge on any atom is 0.326 e. The van der Waals surface area contributed by atoms with E-state index in [2.05, 4.69) is 5.32 Å². The number of rotatable bonds is 5. The quantitative estimate of drug-likeness (QED) is 0.806. The Labute approximate surface area is 118 Å². The fraction of sp³-hybridized carbons (Fsp3) is 0.846. The minimum atomic E-state index is -0.943. The van der Waals surface area contributed by atoms with Gasteiger partial charge >= 0.3 is 12.0 Å². The van der Waals surface area contributed by atoms with E-state index in [4.69, 9.17) is 5.11 Å². The van der Waals surface area contributed by atoms with Crippen LogP contribution >= 0.6 is 11.8 Å². The lowest BCUT2D eigenvalue weighted by atomic mass is 10.0. The summed E-state index contributed by atoms with van der Waals surface area (Å²) in [4.78, 5) is 25.0. The van der Waals surface area contributed by atoms with Gasteiger partial charge in [-0.3, -0.25) is 0 Å². The van der Waals surface area contributed by atoms with Crippen LogP contribution in [0.2, 0.25) is 0 Å². The molecule has 0 aromatic rings. The van der Waals surface area contributed by atoms with Crippen LogP contribution in [0.25, 0.3) is 0 Å². The van der Waals surface area contributed by atoms with Crippen LogP contribution in [0.5, 0.6) is 0 Å². The van der Waals surface area contributed by atoms with Crippen molar-refractivity contribution in [1.29, 1.82) is 0 Å². The van der Waals surface area contributed by atoms with Crippen LogP contribution in [-0.4, -0.2) is 53.1 Å². The molecule has 2 unspecified atom stereocenters. The van der Waals surface area contributed by atoms with E-state index in [1.807, 2.05) is 6.26 Å². The van der Waals surface area contributed by atoms with Gasteiger partial charge in [0.1, 0.15) is 6.04 Å². The topological polar surface area (TPSA) is 69.6 Å². The zero-order chi connectivity index (χ0) is 13.8. The number of aliphatic carboxylic acids is 1. The summed E-state index contributed by atoms with van der Waals surface area (Å²) >= 11 is 1.59. The van der Waals surface area contributed by atoms with Crippen LogP contribution in [0, 0.1) is 11.8 Å². The predicted molar refractivity (Wildman–Crippen MR) is 75.4 cm³/mol. The van der Waals surface area contributed by atoms with E-state index in [9.17, 15) is 9.59 Å². The SMILES string of the molecule is CSCC[C@H](NC(=O)N1CC2CCCC2C1)C(=O)O. The van der Waals surface area contributed by atoms with Crippen molar-refractivity contribution in [3.63, 3.8) is 0 Å². The van der Waals surface area contributed by atoms with Gasteiger partial charge in [-0.05, 0) is 43.1 Å². The second kappa shape index (κ2) is 6.50. The number of thioether (sulfide) groups is 1. The molecule has 3 atom stereocenters. The fourth-order valence-electron chi connectivity index (χ4n) is 3.13. The van der Waals surface area contributed by atoms with Gasteiger partial charge in [-0.1, -0.05) is 6.42 Å². The maximum atomic E-state index is 12.1. The second-order valence-corrected chi connectivity index (χ2v) is 6.46. The molecule has 2 fully saturated rings. The third kappa shape index (κ3) is 3.55. The highest BCUT2D eigenvalue weighted by atomic mass is 32.2. The Balaban J connectivity index is 1.84. The Bertz CT molecular complexity index is 339. The molecule has 2 aliphatic rings. The van der Waals surface area contributed by atoms with E-state index in [0.29, 0.717) is 18.3 Å². The van der Waals surface area contributed by atoms with E-state index in [1.165, 1.54) is 19.3 Å². The molecule has 0 aromatic carbocycles. The van der Waals surface area contributed by atoms with Crippen LogP contribution in [0.4, 0.5) is 4.79 Å². The summed E-state index contributed by atoms with van der Waals surface area (Å²) < 4.78 is 0. The van der Waals surface area contributed by atoms with Gasteiger partial charge in [-0.25, -0.2) is 9.59 Å². The van der Waals surface area contributed by atoms with E-state index in [0.717, 1.165) is 18.8 Å². The van der Waals surface area contributed by atoms with Crippen LogP contribution in [0.15, 0.2) is 0 Å². The number of nitrogens with one attached hydrogen (secondary N) is 1. The molecule has 2 N–H and O–H groups in total. The summed E-state index contributed by atoms with van der Waals surface area (Å²) in [6, 6.07) is -0.969. The molecule has 0 bridgehead atoms. The lowest BCUT2D eigenvalue weighted by Gasteiger charge is -2.21. The standard InChI is InChI=1S/C13H22N2O3S/c1-19-6-5-11(12(16)17)14-13(18)15-7-9-3-2-4-10(9)8-15/h9-11H,2-8H2,1H3,(H,14,18)(H,16,17)/t9?,10?,11-/m0/s1. The molecular weight excluding hydrogens is 264 g/mol. The van der Waals surface area contributed by atoms with Crippen molar-refractivity contribution in [1.82, 2.24) is 10.2 Å². The highest BCUT2D eigenvalue weighted by molar-refractivity contribution is 7.98. The first kappa shape index (κ1) is 14.5. The number of urea groups is 1. The Morgan fingerprint density at radius 1 is 1.37 bits per heavy atom. The van der Waals surface area contributed by atoms with Crippen LogP contribution in [0.1, 0.15) is 25.7 Å². The Hall–Kier alpha value is -0.910. The van der Waals surface area contributed by atoms with Gasteiger partial charge < -0.3 is 15.3 Å². The molecule has 1 saturated heterocycles. The Morgan fingerprint density at radius 2 is 2.00 bits per heavy atom. The van der Waals surface area contributed by atoms with E-state index < -0.39 is 12.0 Å². The zero-order valence-corrected chi connectivity index (χ0v) is 12.1. The molecule has 5 nitrogen and oxygen atoms in total. The molecule has 19 heavy (non-hydrogen) atoms. The van der Waals surface area contributed by atoms with Crippen LogP contribution in [-0.2, 0) is 4.79 Å².